The number of hydrogen-bond acceptors (Lipinski definition) is 4. The maximum absolute atomic E-state index is 14.1. The molecular formula is C62H110N4O4. The standard InChI is InChI=1S/C62H110N4O4/c1-7-13-17-19-21-23-25-27-29-31-33-35-37-39-41-43-47-63-59(67)55-49-58(62(70)66-52-54(12-6)46-16-10-4)56(50-57(55)61(69)65-51-53(11-5)45-15-9-3)60(68)64-48-44-42-40-38-36-34-32-30-28-26-24-22-20-18-14-8-2/h27-30,49-50,53-54H,7-26,31-48,51-52H2,1-6H3,(H,63,67)(H,64,68)(H,65,69)(H,66,70)/b29-27-,30-28-. The first kappa shape index (κ1) is 64.6. The topological polar surface area (TPSA) is 116 Å². The minimum absolute atomic E-state index is 0.136. The zero-order valence-corrected chi connectivity index (χ0v) is 46.5. The number of benzene rings is 1. The van der Waals surface area contributed by atoms with E-state index in [1.807, 2.05) is 0 Å². The van der Waals surface area contributed by atoms with Gasteiger partial charge in [0.05, 0.1) is 22.3 Å². The average Bonchev–Trinajstić information content (AvgIpc) is 3.37. The molecule has 4 N–H and O–H groups in total. The molecule has 0 saturated heterocycles. The number of nitrogens with one attached hydrogen (secondary N) is 4. The SMILES string of the molecule is CCCCCCCC/C=C\CCCCCCCCNC(=O)c1cc(C(=O)NCC(CC)CCCC)c(C(=O)NCCCCCCCC/C=C\CCCCCCCC)cc1C(=O)NCC(CC)CCCC. The molecule has 0 bridgehead atoms. The fourth-order valence-electron chi connectivity index (χ4n) is 9.24. The van der Waals surface area contributed by atoms with Crippen LogP contribution in [0.15, 0.2) is 36.4 Å². The summed E-state index contributed by atoms with van der Waals surface area (Å²) in [5.41, 5.74) is 0.544. The van der Waals surface area contributed by atoms with Gasteiger partial charge in [0, 0.05) is 26.2 Å². The highest BCUT2D eigenvalue weighted by atomic mass is 16.2. The molecule has 0 spiro atoms. The van der Waals surface area contributed by atoms with Crippen LogP contribution in [0.4, 0.5) is 0 Å². The lowest BCUT2D eigenvalue weighted by Gasteiger charge is -2.19. The van der Waals surface area contributed by atoms with E-state index in [0.29, 0.717) is 38.0 Å². The largest absolute Gasteiger partial charge is 0.352 e. The minimum Gasteiger partial charge on any atom is -0.352 e. The summed E-state index contributed by atoms with van der Waals surface area (Å²) in [5.74, 6) is -0.937. The third kappa shape index (κ3) is 33.3. The lowest BCUT2D eigenvalue weighted by Crippen LogP contribution is -2.36. The Morgan fingerprint density at radius 3 is 0.886 bits per heavy atom. The molecule has 2 unspecified atom stereocenters. The Morgan fingerprint density at radius 2 is 0.600 bits per heavy atom. The molecule has 1 rings (SSSR count). The van der Waals surface area contributed by atoms with Gasteiger partial charge < -0.3 is 21.3 Å². The summed E-state index contributed by atoms with van der Waals surface area (Å²) in [4.78, 5) is 56.3. The van der Waals surface area contributed by atoms with Crippen LogP contribution in [0.3, 0.4) is 0 Å². The minimum atomic E-state index is -0.393. The summed E-state index contributed by atoms with van der Waals surface area (Å²) in [6, 6.07) is 3.00. The van der Waals surface area contributed by atoms with E-state index in [-0.39, 0.29) is 22.3 Å². The summed E-state index contributed by atoms with van der Waals surface area (Å²) in [5, 5.41) is 12.3. The van der Waals surface area contributed by atoms with E-state index in [1.54, 1.807) is 0 Å². The lowest BCUT2D eigenvalue weighted by atomic mass is 9.94. The smallest absolute Gasteiger partial charge is 0.252 e. The quantitative estimate of drug-likeness (QED) is 0.0384. The molecule has 70 heavy (non-hydrogen) atoms. The van der Waals surface area contributed by atoms with Gasteiger partial charge in [-0.2, -0.15) is 0 Å². The van der Waals surface area contributed by atoms with Crippen molar-refractivity contribution in [2.45, 2.75) is 273 Å². The van der Waals surface area contributed by atoms with Gasteiger partial charge in [-0.3, -0.25) is 19.2 Å². The van der Waals surface area contributed by atoms with Crippen molar-refractivity contribution in [3.8, 4) is 0 Å². The molecule has 1 aromatic rings. The van der Waals surface area contributed by atoms with Crippen LogP contribution in [0.5, 0.6) is 0 Å². The number of allylic oxidation sites excluding steroid dienone is 4. The van der Waals surface area contributed by atoms with Gasteiger partial charge in [-0.15, -0.1) is 0 Å². The van der Waals surface area contributed by atoms with Gasteiger partial charge in [0.25, 0.3) is 23.6 Å². The predicted octanol–water partition coefficient (Wildman–Crippen LogP) is 17.1. The van der Waals surface area contributed by atoms with E-state index in [2.05, 4.69) is 87.1 Å². The van der Waals surface area contributed by atoms with Gasteiger partial charge in [-0.1, -0.05) is 220 Å². The fraction of sp³-hybridized carbons (Fsp3) is 0.774. The number of rotatable bonds is 48. The van der Waals surface area contributed by atoms with E-state index in [9.17, 15) is 19.2 Å². The van der Waals surface area contributed by atoms with Crippen molar-refractivity contribution in [2.75, 3.05) is 26.2 Å². The molecule has 0 aromatic heterocycles. The maximum atomic E-state index is 14.1. The van der Waals surface area contributed by atoms with Crippen LogP contribution in [0.1, 0.15) is 314 Å². The lowest BCUT2D eigenvalue weighted by molar-refractivity contribution is 0.0903. The van der Waals surface area contributed by atoms with Gasteiger partial charge in [0.15, 0.2) is 0 Å². The molecule has 4 amide bonds. The van der Waals surface area contributed by atoms with E-state index in [4.69, 9.17) is 0 Å². The van der Waals surface area contributed by atoms with Crippen LogP contribution >= 0.6 is 0 Å². The molecule has 402 valence electrons. The Labute approximate surface area is 431 Å². The predicted molar refractivity (Wildman–Crippen MR) is 301 cm³/mol. The van der Waals surface area contributed by atoms with Gasteiger partial charge in [0.2, 0.25) is 0 Å². The highest BCUT2D eigenvalue weighted by Crippen LogP contribution is 2.21. The number of carbonyl (C=O) groups excluding carboxylic acids is 4. The van der Waals surface area contributed by atoms with E-state index < -0.39 is 23.6 Å². The second-order valence-electron chi connectivity index (χ2n) is 20.6. The highest BCUT2D eigenvalue weighted by Gasteiger charge is 2.27. The van der Waals surface area contributed by atoms with Crippen LogP contribution in [-0.2, 0) is 0 Å². The van der Waals surface area contributed by atoms with Crippen LogP contribution in [0, 0.1) is 11.8 Å². The van der Waals surface area contributed by atoms with Crippen LogP contribution in [0.2, 0.25) is 0 Å². The highest BCUT2D eigenvalue weighted by molar-refractivity contribution is 6.14. The Kier molecular flexibility index (Phi) is 43.0. The zero-order chi connectivity index (χ0) is 51.1. The molecule has 8 nitrogen and oxygen atoms in total. The van der Waals surface area contributed by atoms with Crippen LogP contribution in [-0.4, -0.2) is 49.8 Å². The molecule has 0 saturated carbocycles. The monoisotopic (exact) mass is 975 g/mol. The van der Waals surface area contributed by atoms with E-state index in [0.717, 1.165) is 103 Å². The molecule has 8 heteroatoms. The second kappa shape index (κ2) is 46.6. The summed E-state index contributed by atoms with van der Waals surface area (Å²) in [7, 11) is 0. The molecule has 0 fully saturated rings. The third-order valence-corrected chi connectivity index (χ3v) is 14.3. The van der Waals surface area contributed by atoms with Gasteiger partial charge in [-0.25, -0.2) is 0 Å². The maximum Gasteiger partial charge on any atom is 0.252 e. The number of amides is 4. The first-order valence-electron chi connectivity index (χ1n) is 29.9. The summed E-state index contributed by atoms with van der Waals surface area (Å²) >= 11 is 0. The molecular weight excluding hydrogens is 865 g/mol. The molecule has 0 heterocycles. The molecule has 2 atom stereocenters. The van der Waals surface area contributed by atoms with Gasteiger partial charge in [-0.05, 0) is 101 Å². The van der Waals surface area contributed by atoms with Gasteiger partial charge >= 0.3 is 0 Å². The molecule has 0 aliphatic rings. The number of unbranched alkanes of at least 4 members (excludes halogenated alkanes) is 26. The molecule has 0 aliphatic heterocycles. The summed E-state index contributed by atoms with van der Waals surface area (Å²) in [6.07, 6.45) is 51.6. The first-order valence-corrected chi connectivity index (χ1v) is 29.9. The summed E-state index contributed by atoms with van der Waals surface area (Å²) in [6.45, 7) is 15.1. The van der Waals surface area contributed by atoms with Crippen molar-refractivity contribution in [3.05, 3.63) is 58.7 Å². The van der Waals surface area contributed by atoms with Crippen LogP contribution in [0.25, 0.3) is 0 Å². The molecule has 0 radical (unpaired) electrons. The van der Waals surface area contributed by atoms with E-state index >= 15 is 0 Å². The van der Waals surface area contributed by atoms with Crippen molar-refractivity contribution < 1.29 is 19.2 Å². The fourth-order valence-corrected chi connectivity index (χ4v) is 9.24. The van der Waals surface area contributed by atoms with Gasteiger partial charge in [0.1, 0.15) is 0 Å². The zero-order valence-electron chi connectivity index (χ0n) is 46.5. The van der Waals surface area contributed by atoms with Crippen molar-refractivity contribution in [1.29, 1.82) is 0 Å². The summed E-state index contributed by atoms with van der Waals surface area (Å²) < 4.78 is 0. The van der Waals surface area contributed by atoms with Crippen LogP contribution < -0.4 is 21.3 Å². The Balaban J connectivity index is 2.99. The Hall–Kier alpha value is -3.42. The Bertz CT molecular complexity index is 1410. The van der Waals surface area contributed by atoms with E-state index in [1.165, 1.54) is 141 Å². The Morgan fingerprint density at radius 1 is 0.343 bits per heavy atom. The molecule has 0 aliphatic carbocycles. The van der Waals surface area contributed by atoms with Crippen molar-refractivity contribution in [3.63, 3.8) is 0 Å². The van der Waals surface area contributed by atoms with Crippen molar-refractivity contribution in [1.82, 2.24) is 21.3 Å². The number of carbonyl (C=O) groups is 4. The van der Waals surface area contributed by atoms with Crippen molar-refractivity contribution >= 4 is 23.6 Å². The second-order valence-corrected chi connectivity index (χ2v) is 20.6. The average molecular weight is 976 g/mol. The first-order chi connectivity index (χ1) is 34.3. The third-order valence-electron chi connectivity index (χ3n) is 14.3. The van der Waals surface area contributed by atoms with Crippen molar-refractivity contribution in [2.24, 2.45) is 11.8 Å². The molecule has 1 aromatic carbocycles. The normalized spacial score (nSPS) is 12.4. The number of hydrogen-bond donors (Lipinski definition) is 4.